The van der Waals surface area contributed by atoms with Crippen LogP contribution in [0.25, 0.3) is 0 Å². The van der Waals surface area contributed by atoms with Crippen molar-refractivity contribution in [2.75, 3.05) is 6.61 Å². The van der Waals surface area contributed by atoms with Crippen LogP contribution in [0.4, 0.5) is 0 Å². The van der Waals surface area contributed by atoms with Crippen LogP contribution >= 0.6 is 46.4 Å². The molecule has 0 fully saturated rings. The molecule has 0 amide bonds. The Balaban J connectivity index is 3.24. The minimum absolute atomic E-state index is 0.289. The predicted octanol–water partition coefficient (Wildman–Crippen LogP) is 4.69. The van der Waals surface area contributed by atoms with Crippen LogP contribution in [0.1, 0.15) is 44.9 Å². The van der Waals surface area contributed by atoms with Gasteiger partial charge in [-0.05, 0) is 12.8 Å². The summed E-state index contributed by atoms with van der Waals surface area (Å²) in [6.07, 6.45) is 7.12. The Morgan fingerprint density at radius 1 is 0.867 bits per heavy atom. The number of hydrogen-bond donors (Lipinski definition) is 1. The van der Waals surface area contributed by atoms with E-state index >= 15 is 0 Å². The minimum Gasteiger partial charge on any atom is -0.396 e. The van der Waals surface area contributed by atoms with Gasteiger partial charge in [-0.1, -0.05) is 66.9 Å². The van der Waals surface area contributed by atoms with Gasteiger partial charge in [0.05, 0.1) is 5.38 Å². The van der Waals surface area contributed by atoms with Crippen molar-refractivity contribution in [2.45, 2.75) is 54.1 Å². The van der Waals surface area contributed by atoms with E-state index in [2.05, 4.69) is 0 Å². The molecule has 0 aliphatic rings. The normalized spacial score (nSPS) is 14.2. The van der Waals surface area contributed by atoms with Gasteiger partial charge >= 0.3 is 0 Å². The first-order valence-corrected chi connectivity index (χ1v) is 6.87. The summed E-state index contributed by atoms with van der Waals surface area (Å²) >= 11 is 22.8. The number of rotatable bonds is 8. The standard InChI is InChI=1S/C10H18Cl4O/c11-9(10(12,13)14)7-5-3-1-2-4-6-8-15/h9,15H,1-8H2. The first kappa shape index (κ1) is 16.1. The highest BCUT2D eigenvalue weighted by atomic mass is 35.6. The molecule has 0 aromatic heterocycles. The monoisotopic (exact) mass is 294 g/mol. The lowest BCUT2D eigenvalue weighted by atomic mass is 10.1. The van der Waals surface area contributed by atoms with Crippen molar-refractivity contribution in [1.29, 1.82) is 0 Å². The van der Waals surface area contributed by atoms with Gasteiger partial charge < -0.3 is 5.11 Å². The number of alkyl halides is 4. The number of unbranched alkanes of at least 4 members (excludes halogenated alkanes) is 5. The quantitative estimate of drug-likeness (QED) is 0.509. The van der Waals surface area contributed by atoms with Gasteiger partial charge in [0.15, 0.2) is 0 Å². The number of aliphatic hydroxyl groups excluding tert-OH is 1. The molecule has 0 aromatic rings. The highest BCUT2D eigenvalue weighted by molar-refractivity contribution is 6.70. The molecule has 0 aliphatic carbocycles. The summed E-state index contributed by atoms with van der Waals surface area (Å²) in [6.45, 7) is 0.289. The highest BCUT2D eigenvalue weighted by Crippen LogP contribution is 2.36. The molecule has 1 N–H and O–H groups in total. The van der Waals surface area contributed by atoms with Crippen molar-refractivity contribution in [3.63, 3.8) is 0 Å². The summed E-state index contributed by atoms with van der Waals surface area (Å²) in [5.41, 5.74) is 0. The average Bonchev–Trinajstić information content (AvgIpc) is 2.14. The molecule has 0 saturated carbocycles. The Hall–Kier alpha value is 1.12. The zero-order chi connectivity index (χ0) is 11.7. The van der Waals surface area contributed by atoms with Crippen molar-refractivity contribution in [3.05, 3.63) is 0 Å². The first-order chi connectivity index (χ1) is 6.98. The highest BCUT2D eigenvalue weighted by Gasteiger charge is 2.29. The van der Waals surface area contributed by atoms with Gasteiger partial charge in [0.25, 0.3) is 0 Å². The summed E-state index contributed by atoms with van der Waals surface area (Å²) in [7, 11) is 0. The third kappa shape index (κ3) is 10.0. The molecule has 0 aliphatic heterocycles. The molecule has 0 bridgehead atoms. The molecule has 0 radical (unpaired) electrons. The maximum absolute atomic E-state index is 8.57. The van der Waals surface area contributed by atoms with Crippen LogP contribution in [0, 0.1) is 0 Å². The van der Waals surface area contributed by atoms with Crippen molar-refractivity contribution in [2.24, 2.45) is 0 Å². The van der Waals surface area contributed by atoms with Gasteiger partial charge in [-0.2, -0.15) is 0 Å². The summed E-state index contributed by atoms with van der Waals surface area (Å²) < 4.78 is -1.35. The van der Waals surface area contributed by atoms with E-state index in [0.717, 1.165) is 44.9 Å². The van der Waals surface area contributed by atoms with E-state index < -0.39 is 9.17 Å². The molecule has 1 unspecified atom stereocenters. The lowest BCUT2D eigenvalue weighted by Crippen LogP contribution is -2.19. The fourth-order valence-corrected chi connectivity index (χ4v) is 1.79. The molecule has 1 atom stereocenters. The Kier molecular flexibility index (Phi) is 9.87. The minimum atomic E-state index is -1.35. The molecular weight excluding hydrogens is 278 g/mol. The Bertz CT molecular complexity index is 147. The number of hydrogen-bond acceptors (Lipinski definition) is 1. The molecule has 0 rings (SSSR count). The van der Waals surface area contributed by atoms with Crippen LogP contribution < -0.4 is 0 Å². The molecule has 1 nitrogen and oxygen atoms in total. The fourth-order valence-electron chi connectivity index (χ4n) is 1.31. The van der Waals surface area contributed by atoms with Gasteiger partial charge in [0.2, 0.25) is 3.79 Å². The second-order valence-corrected chi connectivity index (χ2v) is 6.54. The van der Waals surface area contributed by atoms with Crippen molar-refractivity contribution in [1.82, 2.24) is 0 Å². The Morgan fingerprint density at radius 2 is 1.33 bits per heavy atom. The number of aliphatic hydroxyl groups is 1. The molecule has 0 aromatic carbocycles. The zero-order valence-corrected chi connectivity index (χ0v) is 11.7. The molecule has 0 spiro atoms. The topological polar surface area (TPSA) is 20.2 Å². The lowest BCUT2D eigenvalue weighted by Gasteiger charge is -2.17. The van der Waals surface area contributed by atoms with E-state index in [4.69, 9.17) is 51.5 Å². The molecular formula is C10H18Cl4O. The van der Waals surface area contributed by atoms with E-state index in [1.807, 2.05) is 0 Å². The summed E-state index contributed by atoms with van der Waals surface area (Å²) in [6, 6.07) is 0. The van der Waals surface area contributed by atoms with Gasteiger partial charge in [-0.3, -0.25) is 0 Å². The van der Waals surface area contributed by atoms with Gasteiger partial charge in [-0.25, -0.2) is 0 Å². The third-order valence-electron chi connectivity index (χ3n) is 2.22. The Labute approximate surface area is 112 Å². The van der Waals surface area contributed by atoms with E-state index in [1.165, 1.54) is 0 Å². The van der Waals surface area contributed by atoms with Crippen LogP contribution in [0.15, 0.2) is 0 Å². The third-order valence-corrected chi connectivity index (χ3v) is 3.89. The maximum atomic E-state index is 8.57. The van der Waals surface area contributed by atoms with E-state index in [1.54, 1.807) is 0 Å². The second kappa shape index (κ2) is 9.18. The molecule has 0 heterocycles. The van der Waals surface area contributed by atoms with Gasteiger partial charge in [-0.15, -0.1) is 11.6 Å². The maximum Gasteiger partial charge on any atom is 0.206 e. The molecule has 0 saturated heterocycles. The smallest absolute Gasteiger partial charge is 0.206 e. The predicted molar refractivity (Wildman–Crippen MR) is 69.3 cm³/mol. The first-order valence-electron chi connectivity index (χ1n) is 5.30. The van der Waals surface area contributed by atoms with Crippen LogP contribution in [0.3, 0.4) is 0 Å². The number of halogens is 4. The summed E-state index contributed by atoms with van der Waals surface area (Å²) in [4.78, 5) is 0. The van der Waals surface area contributed by atoms with Gasteiger partial charge in [0, 0.05) is 6.61 Å². The molecule has 5 heteroatoms. The van der Waals surface area contributed by atoms with Crippen LogP contribution in [-0.2, 0) is 0 Å². The molecule has 92 valence electrons. The fraction of sp³-hybridized carbons (Fsp3) is 1.00. The van der Waals surface area contributed by atoms with Crippen LogP contribution in [0.2, 0.25) is 0 Å². The van der Waals surface area contributed by atoms with Crippen molar-refractivity contribution in [3.8, 4) is 0 Å². The Morgan fingerprint density at radius 3 is 1.80 bits per heavy atom. The lowest BCUT2D eigenvalue weighted by molar-refractivity contribution is 0.282. The van der Waals surface area contributed by atoms with E-state index in [0.29, 0.717) is 0 Å². The average molecular weight is 296 g/mol. The SMILES string of the molecule is OCCCCCCCCC(Cl)C(Cl)(Cl)Cl. The van der Waals surface area contributed by atoms with Crippen LogP contribution in [-0.4, -0.2) is 20.9 Å². The zero-order valence-electron chi connectivity index (χ0n) is 8.69. The summed E-state index contributed by atoms with van der Waals surface area (Å²) in [5, 5.41) is 8.17. The summed E-state index contributed by atoms with van der Waals surface area (Å²) in [5.74, 6) is 0. The van der Waals surface area contributed by atoms with Gasteiger partial charge in [0.1, 0.15) is 0 Å². The second-order valence-electron chi connectivity index (χ2n) is 3.64. The van der Waals surface area contributed by atoms with Crippen molar-refractivity contribution < 1.29 is 5.11 Å². The van der Waals surface area contributed by atoms with E-state index in [-0.39, 0.29) is 6.61 Å². The van der Waals surface area contributed by atoms with Crippen molar-refractivity contribution >= 4 is 46.4 Å². The van der Waals surface area contributed by atoms with Crippen LogP contribution in [0.5, 0.6) is 0 Å². The molecule has 15 heavy (non-hydrogen) atoms. The largest absolute Gasteiger partial charge is 0.396 e. The van der Waals surface area contributed by atoms with E-state index in [9.17, 15) is 0 Å².